The quantitative estimate of drug-likeness (QED) is 0.186. The second-order valence-electron chi connectivity index (χ2n) is 10.8. The minimum Gasteiger partial charge on any atom is -0.675 e. The maximum atomic E-state index is 7.68. The van der Waals surface area contributed by atoms with Gasteiger partial charge in [0.1, 0.15) is 0 Å². The third-order valence-electron chi connectivity index (χ3n) is 7.57. The number of rotatable bonds is 1. The maximum Gasteiger partial charge on any atom is 3.00 e. The first-order valence-electron chi connectivity index (χ1n) is 14.8. The molecule has 2 aliphatic carbocycles. The van der Waals surface area contributed by atoms with E-state index in [4.69, 9.17) is 5.73 Å². The van der Waals surface area contributed by atoms with Crippen molar-refractivity contribution < 1.29 is 26.2 Å². The SMILES string of the molecule is CC1=[C-]C(C)C(C)=C1C.[CH3-].[NH-]C1CCCCCCCCC1.[SiH2]c1ccccc1.[Zr+3].c1ccc(-c2ccccc2)cc1. The predicted octanol–water partition coefficient (Wildman–Crippen LogP) is 10.4. The molecule has 218 valence electrons. The molecule has 0 bridgehead atoms. The summed E-state index contributed by atoms with van der Waals surface area (Å²) < 4.78 is 0. The van der Waals surface area contributed by atoms with Crippen LogP contribution in [0.3, 0.4) is 0 Å². The van der Waals surface area contributed by atoms with Gasteiger partial charge in [0.2, 0.25) is 0 Å². The van der Waals surface area contributed by atoms with Crippen LogP contribution in [-0.2, 0) is 26.2 Å². The summed E-state index contributed by atoms with van der Waals surface area (Å²) in [5.74, 6) is 0.560. The first-order chi connectivity index (χ1) is 18.9. The Morgan fingerprint density at radius 3 is 1.27 bits per heavy atom. The molecule has 1 atom stereocenters. The second kappa shape index (κ2) is 23.7. The molecule has 3 aromatic rings. The van der Waals surface area contributed by atoms with Crippen molar-refractivity contribution in [1.82, 2.24) is 0 Å². The zero-order valence-electron chi connectivity index (χ0n) is 26.4. The van der Waals surface area contributed by atoms with Crippen LogP contribution in [0.4, 0.5) is 0 Å². The number of benzene rings is 3. The molecular weight excluding hydrogens is 590 g/mol. The number of allylic oxidation sites excluding steroid dienone is 4. The van der Waals surface area contributed by atoms with Crippen LogP contribution in [0.5, 0.6) is 0 Å². The van der Waals surface area contributed by atoms with Gasteiger partial charge in [-0.2, -0.15) is 11.1 Å². The molecule has 41 heavy (non-hydrogen) atoms. The summed E-state index contributed by atoms with van der Waals surface area (Å²) in [4.78, 5) is 0. The van der Waals surface area contributed by atoms with Gasteiger partial charge in [0.05, 0.1) is 0 Å². The minimum atomic E-state index is 0. The molecule has 0 spiro atoms. The molecule has 0 heterocycles. The van der Waals surface area contributed by atoms with E-state index >= 15 is 0 Å². The smallest absolute Gasteiger partial charge is 0.675 e. The molecule has 0 aromatic heterocycles. The largest absolute Gasteiger partial charge is 3.00 e. The van der Waals surface area contributed by atoms with Gasteiger partial charge < -0.3 is 13.2 Å². The van der Waals surface area contributed by atoms with Crippen LogP contribution in [0.1, 0.15) is 85.5 Å². The van der Waals surface area contributed by atoms with Crippen LogP contribution in [0, 0.1) is 19.4 Å². The normalized spacial score (nSPS) is 16.9. The molecule has 1 nitrogen and oxygen atoms in total. The van der Waals surface area contributed by atoms with Crippen molar-refractivity contribution in [3.05, 3.63) is 127 Å². The third kappa shape index (κ3) is 17.0. The summed E-state index contributed by atoms with van der Waals surface area (Å²) in [6, 6.07) is 31.3. The van der Waals surface area contributed by atoms with E-state index in [1.54, 1.807) is 0 Å². The number of nitrogens with one attached hydrogen (secondary N) is 1. The summed E-state index contributed by atoms with van der Waals surface area (Å²) in [7, 11) is 1.90. The van der Waals surface area contributed by atoms with Crippen molar-refractivity contribution >= 4 is 15.4 Å². The van der Waals surface area contributed by atoms with Crippen LogP contribution in [-0.4, -0.2) is 16.3 Å². The summed E-state index contributed by atoms with van der Waals surface area (Å²) in [6.45, 7) is 8.67. The van der Waals surface area contributed by atoms with Crippen LogP contribution in [0.2, 0.25) is 0 Å². The van der Waals surface area contributed by atoms with Crippen molar-refractivity contribution in [2.24, 2.45) is 5.92 Å². The molecule has 3 aromatic carbocycles. The molecule has 1 fully saturated rings. The molecule has 1 unspecified atom stereocenters. The molecule has 1 N–H and O–H groups in total. The van der Waals surface area contributed by atoms with E-state index in [0.717, 1.165) is 12.8 Å². The number of hydrogen-bond acceptors (Lipinski definition) is 0. The molecule has 0 saturated heterocycles. The van der Waals surface area contributed by atoms with E-state index < -0.39 is 0 Å². The van der Waals surface area contributed by atoms with Gasteiger partial charge in [-0.1, -0.05) is 181 Å². The van der Waals surface area contributed by atoms with E-state index in [1.165, 1.54) is 78.0 Å². The fourth-order valence-corrected chi connectivity index (χ4v) is 4.98. The fourth-order valence-electron chi connectivity index (χ4n) is 4.71. The van der Waals surface area contributed by atoms with Gasteiger partial charge in [-0.05, 0) is 11.1 Å². The Labute approximate surface area is 275 Å². The Kier molecular flexibility index (Phi) is 22.7. The van der Waals surface area contributed by atoms with Crippen LogP contribution >= 0.6 is 0 Å². The van der Waals surface area contributed by atoms with Crippen LogP contribution in [0.25, 0.3) is 16.9 Å². The van der Waals surface area contributed by atoms with E-state index in [9.17, 15) is 0 Å². The average Bonchev–Trinajstić information content (AvgIpc) is 3.19. The van der Waals surface area contributed by atoms with Crippen LogP contribution in [0.15, 0.2) is 108 Å². The van der Waals surface area contributed by atoms with Crippen molar-refractivity contribution in [2.75, 3.05) is 0 Å². The summed E-state index contributed by atoms with van der Waals surface area (Å²) in [5, 5.41) is 1.35. The van der Waals surface area contributed by atoms with Gasteiger partial charge in [-0.3, -0.25) is 6.08 Å². The van der Waals surface area contributed by atoms with Crippen LogP contribution < -0.4 is 5.19 Å². The molecule has 5 rings (SSSR count). The van der Waals surface area contributed by atoms with Gasteiger partial charge in [0, 0.05) is 10.2 Å². The summed E-state index contributed by atoms with van der Waals surface area (Å²) in [5.41, 5.74) is 14.5. The Bertz CT molecular complexity index is 1050. The zero-order chi connectivity index (χ0) is 28.3. The Morgan fingerprint density at radius 2 is 1.00 bits per heavy atom. The Balaban J connectivity index is 0.000000521. The van der Waals surface area contributed by atoms with E-state index in [1.807, 2.05) is 40.6 Å². The first-order valence-corrected chi connectivity index (χ1v) is 15.6. The van der Waals surface area contributed by atoms with Crippen molar-refractivity contribution in [1.29, 1.82) is 0 Å². The first kappa shape index (κ1) is 39.2. The molecular formula is C38H53NSiZr. The van der Waals surface area contributed by atoms with Crippen molar-refractivity contribution in [3.63, 3.8) is 0 Å². The minimum absolute atomic E-state index is 0. The van der Waals surface area contributed by atoms with E-state index in [0.29, 0.717) is 5.92 Å². The van der Waals surface area contributed by atoms with Gasteiger partial charge in [0.15, 0.2) is 0 Å². The average molecular weight is 643 g/mol. The zero-order valence-corrected chi connectivity index (χ0v) is 30.3. The van der Waals surface area contributed by atoms with E-state index in [-0.39, 0.29) is 39.7 Å². The molecule has 0 aliphatic heterocycles. The number of hydrogen-bond donors (Lipinski definition) is 0. The Morgan fingerprint density at radius 1 is 0.634 bits per heavy atom. The molecule has 1 saturated carbocycles. The maximum absolute atomic E-state index is 7.68. The third-order valence-corrected chi connectivity index (χ3v) is 8.04. The topological polar surface area (TPSA) is 23.8 Å². The summed E-state index contributed by atoms with van der Waals surface area (Å²) in [6.07, 6.45) is 15.3. The van der Waals surface area contributed by atoms with Gasteiger partial charge in [-0.25, -0.2) is 5.57 Å². The molecule has 0 amide bonds. The molecule has 2 aliphatic rings. The van der Waals surface area contributed by atoms with Crippen molar-refractivity contribution in [3.8, 4) is 11.1 Å². The Hall–Kier alpha value is -1.80. The van der Waals surface area contributed by atoms with E-state index in [2.05, 4.69) is 94.4 Å². The fraction of sp³-hybridized carbons (Fsp3) is 0.395. The van der Waals surface area contributed by atoms with Crippen molar-refractivity contribution in [2.45, 2.75) is 91.5 Å². The standard InChI is InChI=1S/C12H10.C10H20N.C9H13.C6H7Si.CH3.Zr/c1-3-7-11(8-4-1)12-9-5-2-6-10-12;11-10-8-6-4-2-1-3-5-7-9-10;1-6-5-7(2)9(4)8(6)3;7-6-4-2-1-3-5-6;;/h1-10H;10-11H,1-9H2;6H,1-4H3;1-5H,7H2;1H3;/q;2*-1;;-1;+3. The molecule has 3 heteroatoms. The summed E-state index contributed by atoms with van der Waals surface area (Å²) >= 11 is 0. The second-order valence-corrected chi connectivity index (χ2v) is 11.6. The monoisotopic (exact) mass is 641 g/mol. The van der Waals surface area contributed by atoms with Gasteiger partial charge in [0.25, 0.3) is 0 Å². The van der Waals surface area contributed by atoms with Gasteiger partial charge >= 0.3 is 26.2 Å². The van der Waals surface area contributed by atoms with Gasteiger partial charge in [-0.15, -0.1) is 13.0 Å². The predicted molar refractivity (Wildman–Crippen MR) is 183 cm³/mol. The molecule has 2 radical (unpaired) electrons.